The smallest absolute Gasteiger partial charge is 0.378 e. The summed E-state index contributed by atoms with van der Waals surface area (Å²) >= 11 is 0. The molecule has 0 spiro atoms. The number of rotatable bonds is 11. The molecule has 0 aliphatic rings. The van der Waals surface area contributed by atoms with Crippen molar-refractivity contribution in [2.45, 2.75) is 62.2 Å². The van der Waals surface area contributed by atoms with E-state index in [1.165, 1.54) is 0 Å². The fraction of sp³-hybridized carbons (Fsp3) is 1.00. The van der Waals surface area contributed by atoms with Gasteiger partial charge in [-0.05, 0) is 19.3 Å². The lowest BCUT2D eigenvalue weighted by Gasteiger charge is -2.37. The fourth-order valence-corrected chi connectivity index (χ4v) is 1.69. The molecule has 0 aromatic heterocycles. The number of aliphatic hydroxyl groups is 1. The Bertz CT molecular complexity index is 331. The van der Waals surface area contributed by atoms with E-state index >= 15 is 0 Å². The van der Waals surface area contributed by atoms with Crippen LogP contribution < -0.4 is 0 Å². The van der Waals surface area contributed by atoms with Gasteiger partial charge < -0.3 is 5.11 Å². The SMILES string of the molecule is OCCCC(F)(F)C(F)(F)C(F)(F)C(F)(F)CCCCCF. The van der Waals surface area contributed by atoms with E-state index in [0.29, 0.717) is 0 Å². The van der Waals surface area contributed by atoms with Gasteiger partial charge in [0.1, 0.15) is 0 Å². The Labute approximate surface area is 121 Å². The Morgan fingerprint density at radius 1 is 0.591 bits per heavy atom. The van der Waals surface area contributed by atoms with Gasteiger partial charge in [-0.15, -0.1) is 0 Å². The zero-order valence-corrected chi connectivity index (χ0v) is 11.5. The molecule has 0 aliphatic heterocycles. The molecule has 0 atom stereocenters. The zero-order chi connectivity index (χ0) is 17.7. The summed E-state index contributed by atoms with van der Waals surface area (Å²) in [4.78, 5) is 0. The highest BCUT2D eigenvalue weighted by Gasteiger charge is 2.79. The van der Waals surface area contributed by atoms with E-state index < -0.39 is 62.7 Å². The van der Waals surface area contributed by atoms with Gasteiger partial charge in [0.05, 0.1) is 6.67 Å². The van der Waals surface area contributed by atoms with Crippen molar-refractivity contribution in [1.29, 1.82) is 0 Å². The summed E-state index contributed by atoms with van der Waals surface area (Å²) in [7, 11) is 0. The molecule has 0 saturated carbocycles. The van der Waals surface area contributed by atoms with Crippen LogP contribution in [0.1, 0.15) is 38.5 Å². The molecular formula is C12H17F9O. The van der Waals surface area contributed by atoms with Crippen molar-refractivity contribution in [3.05, 3.63) is 0 Å². The molecule has 0 radical (unpaired) electrons. The number of hydrogen-bond donors (Lipinski definition) is 1. The molecule has 22 heavy (non-hydrogen) atoms. The Morgan fingerprint density at radius 3 is 1.36 bits per heavy atom. The summed E-state index contributed by atoms with van der Waals surface area (Å²) in [5, 5.41) is 8.28. The first-order chi connectivity index (χ1) is 9.87. The average molecular weight is 348 g/mol. The van der Waals surface area contributed by atoms with Gasteiger partial charge in [-0.2, -0.15) is 35.1 Å². The lowest BCUT2D eigenvalue weighted by Crippen LogP contribution is -2.62. The molecule has 0 aromatic carbocycles. The lowest BCUT2D eigenvalue weighted by molar-refractivity contribution is -0.368. The second-order valence-electron chi connectivity index (χ2n) is 4.88. The standard InChI is InChI=1S/C12H17F9O/c13-7-3-1-2-5-9(14,15)11(18,19)12(20,21)10(16,17)6-4-8-22/h22H,1-8H2. The Balaban J connectivity index is 5.13. The van der Waals surface area contributed by atoms with E-state index in [0.717, 1.165) is 0 Å². The third kappa shape index (κ3) is 4.42. The summed E-state index contributed by atoms with van der Waals surface area (Å²) < 4.78 is 118. The molecule has 0 aliphatic carbocycles. The van der Waals surface area contributed by atoms with Crippen LogP contribution in [0.15, 0.2) is 0 Å². The predicted molar refractivity (Wildman–Crippen MR) is 60.6 cm³/mol. The monoisotopic (exact) mass is 348 g/mol. The highest BCUT2D eigenvalue weighted by atomic mass is 19.4. The van der Waals surface area contributed by atoms with Crippen LogP contribution in [0.4, 0.5) is 39.5 Å². The Hall–Kier alpha value is -0.670. The molecule has 1 N–H and O–H groups in total. The van der Waals surface area contributed by atoms with Crippen LogP contribution in [0.3, 0.4) is 0 Å². The molecule has 0 aromatic rings. The number of aliphatic hydroxyl groups excluding tert-OH is 1. The van der Waals surface area contributed by atoms with Crippen LogP contribution in [0, 0.1) is 0 Å². The first-order valence-corrected chi connectivity index (χ1v) is 6.55. The van der Waals surface area contributed by atoms with E-state index in [4.69, 9.17) is 5.11 Å². The molecular weight excluding hydrogens is 331 g/mol. The summed E-state index contributed by atoms with van der Waals surface area (Å²) in [6, 6.07) is 0. The number of hydrogen-bond acceptors (Lipinski definition) is 1. The van der Waals surface area contributed by atoms with E-state index in [-0.39, 0.29) is 12.8 Å². The minimum Gasteiger partial charge on any atom is -0.396 e. The quantitative estimate of drug-likeness (QED) is 0.419. The molecule has 0 rings (SSSR count). The van der Waals surface area contributed by atoms with Gasteiger partial charge in [0.25, 0.3) is 0 Å². The molecule has 1 nitrogen and oxygen atoms in total. The van der Waals surface area contributed by atoms with Crippen LogP contribution in [-0.2, 0) is 0 Å². The highest BCUT2D eigenvalue weighted by Crippen LogP contribution is 2.55. The van der Waals surface area contributed by atoms with Crippen LogP contribution in [0.2, 0.25) is 0 Å². The maximum absolute atomic E-state index is 13.3. The molecule has 0 heterocycles. The fourth-order valence-electron chi connectivity index (χ4n) is 1.69. The molecule has 0 saturated heterocycles. The second kappa shape index (κ2) is 7.74. The molecule has 134 valence electrons. The van der Waals surface area contributed by atoms with Crippen molar-refractivity contribution >= 4 is 0 Å². The third-order valence-corrected chi connectivity index (χ3v) is 3.09. The first-order valence-electron chi connectivity index (χ1n) is 6.55. The van der Waals surface area contributed by atoms with Gasteiger partial charge in [-0.1, -0.05) is 6.42 Å². The summed E-state index contributed by atoms with van der Waals surface area (Å²) in [6.45, 7) is -1.87. The van der Waals surface area contributed by atoms with Gasteiger partial charge in [0.15, 0.2) is 0 Å². The molecule has 0 bridgehead atoms. The molecule has 0 amide bonds. The van der Waals surface area contributed by atoms with Crippen molar-refractivity contribution in [2.75, 3.05) is 13.3 Å². The van der Waals surface area contributed by atoms with E-state index in [1.807, 2.05) is 0 Å². The average Bonchev–Trinajstić information content (AvgIpc) is 2.40. The van der Waals surface area contributed by atoms with Crippen molar-refractivity contribution in [1.82, 2.24) is 0 Å². The highest BCUT2D eigenvalue weighted by molar-refractivity contribution is 5.03. The largest absolute Gasteiger partial charge is 0.396 e. The van der Waals surface area contributed by atoms with Crippen LogP contribution in [0.25, 0.3) is 0 Å². The second-order valence-corrected chi connectivity index (χ2v) is 4.88. The van der Waals surface area contributed by atoms with Gasteiger partial charge in [-0.25, -0.2) is 0 Å². The zero-order valence-electron chi connectivity index (χ0n) is 11.5. The summed E-state index contributed by atoms with van der Waals surface area (Å²) in [6.07, 6.45) is -5.74. The minimum absolute atomic E-state index is 0.218. The topological polar surface area (TPSA) is 20.2 Å². The normalized spacial score (nSPS) is 14.5. The number of unbranched alkanes of at least 4 members (excludes halogenated alkanes) is 2. The van der Waals surface area contributed by atoms with Crippen molar-refractivity contribution in [3.8, 4) is 0 Å². The van der Waals surface area contributed by atoms with E-state index in [9.17, 15) is 39.5 Å². The van der Waals surface area contributed by atoms with Crippen molar-refractivity contribution in [3.63, 3.8) is 0 Å². The van der Waals surface area contributed by atoms with Crippen molar-refractivity contribution in [2.24, 2.45) is 0 Å². The molecule has 10 heteroatoms. The van der Waals surface area contributed by atoms with Gasteiger partial charge in [0.2, 0.25) is 0 Å². The Kier molecular flexibility index (Phi) is 7.50. The minimum atomic E-state index is -6.28. The maximum Gasteiger partial charge on any atom is 0.378 e. The van der Waals surface area contributed by atoms with Crippen LogP contribution >= 0.6 is 0 Å². The van der Waals surface area contributed by atoms with Gasteiger partial charge in [0, 0.05) is 19.4 Å². The van der Waals surface area contributed by atoms with Crippen LogP contribution in [-0.4, -0.2) is 42.1 Å². The lowest BCUT2D eigenvalue weighted by atomic mass is 9.93. The third-order valence-electron chi connectivity index (χ3n) is 3.09. The van der Waals surface area contributed by atoms with Gasteiger partial charge in [-0.3, -0.25) is 4.39 Å². The first kappa shape index (κ1) is 21.3. The van der Waals surface area contributed by atoms with Crippen molar-refractivity contribution < 1.29 is 44.6 Å². The van der Waals surface area contributed by atoms with E-state index in [1.54, 1.807) is 0 Å². The Morgan fingerprint density at radius 2 is 1.00 bits per heavy atom. The predicted octanol–water partition coefficient (Wildman–Crippen LogP) is 4.83. The molecule has 0 fully saturated rings. The maximum atomic E-state index is 13.3. The van der Waals surface area contributed by atoms with Crippen LogP contribution in [0.5, 0.6) is 0 Å². The number of alkyl halides is 9. The summed E-state index contributed by atoms with van der Waals surface area (Å²) in [5.74, 6) is -23.3. The van der Waals surface area contributed by atoms with E-state index in [2.05, 4.69) is 0 Å². The van der Waals surface area contributed by atoms with Gasteiger partial charge >= 0.3 is 23.7 Å². The number of halogens is 9. The molecule has 0 unspecified atom stereocenters. The summed E-state index contributed by atoms with van der Waals surface area (Å²) in [5.41, 5.74) is 0.